The predicted octanol–water partition coefficient (Wildman–Crippen LogP) is 0.527. The molecule has 1 aromatic rings. The highest BCUT2D eigenvalue weighted by Crippen LogP contribution is 2.12. The maximum atomic E-state index is 11.7. The Hall–Kier alpha value is -0.990. The molecular weight excluding hydrogens is 278 g/mol. The average Bonchev–Trinajstić information content (AvgIpc) is 2.77. The van der Waals surface area contributed by atoms with Crippen LogP contribution in [0.3, 0.4) is 0 Å². The highest BCUT2D eigenvalue weighted by Gasteiger charge is 2.18. The lowest BCUT2D eigenvalue weighted by Crippen LogP contribution is -2.27. The molecule has 0 fully saturated rings. The lowest BCUT2D eigenvalue weighted by Gasteiger charge is -2.08. The Balaban J connectivity index is 2.60. The van der Waals surface area contributed by atoms with E-state index >= 15 is 0 Å². The zero-order chi connectivity index (χ0) is 13.8. The van der Waals surface area contributed by atoms with Crippen LogP contribution in [0.1, 0.15) is 23.9 Å². The van der Waals surface area contributed by atoms with Crippen molar-refractivity contribution in [3.8, 4) is 0 Å². The number of carbonyl (C=O) groups excluding carboxylic acids is 1. The van der Waals surface area contributed by atoms with E-state index in [1.165, 1.54) is 12.1 Å². The summed E-state index contributed by atoms with van der Waals surface area (Å²) in [5.41, 5.74) is 0. The van der Waals surface area contributed by atoms with E-state index in [2.05, 4.69) is 4.72 Å². The van der Waals surface area contributed by atoms with Crippen LogP contribution in [0.15, 0.2) is 21.6 Å². The van der Waals surface area contributed by atoms with E-state index in [0.29, 0.717) is 12.7 Å². The standard InChI is InChI=1S/C10H15NO5S2/c1-8(17(2)13)5-6-11-18(14,15)10-4-3-9(7-12)16-10/h3-4,7-8,11H,5-6H2,1-2H3. The molecule has 0 amide bonds. The second-order valence-electron chi connectivity index (χ2n) is 3.77. The van der Waals surface area contributed by atoms with Gasteiger partial charge in [-0.05, 0) is 18.6 Å². The van der Waals surface area contributed by atoms with Crippen LogP contribution in [0.5, 0.6) is 0 Å². The van der Waals surface area contributed by atoms with Crippen molar-refractivity contribution in [2.45, 2.75) is 23.7 Å². The molecule has 0 aromatic carbocycles. The molecule has 1 aromatic heterocycles. The second-order valence-corrected chi connectivity index (χ2v) is 7.27. The quantitative estimate of drug-likeness (QED) is 0.740. The van der Waals surface area contributed by atoms with Gasteiger partial charge in [0.2, 0.25) is 5.09 Å². The molecule has 6 nitrogen and oxygen atoms in total. The predicted molar refractivity (Wildman–Crippen MR) is 67.4 cm³/mol. The Morgan fingerprint density at radius 2 is 2.17 bits per heavy atom. The smallest absolute Gasteiger partial charge is 0.273 e. The Morgan fingerprint density at radius 1 is 1.50 bits per heavy atom. The van der Waals surface area contributed by atoms with Gasteiger partial charge in [0, 0.05) is 28.9 Å². The van der Waals surface area contributed by atoms with E-state index < -0.39 is 20.8 Å². The molecule has 102 valence electrons. The van der Waals surface area contributed by atoms with Gasteiger partial charge in [0.05, 0.1) is 0 Å². The minimum absolute atomic E-state index is 0.0431. The van der Waals surface area contributed by atoms with Crippen LogP contribution in [-0.4, -0.2) is 37.0 Å². The van der Waals surface area contributed by atoms with Crippen molar-refractivity contribution in [2.75, 3.05) is 12.8 Å². The summed E-state index contributed by atoms with van der Waals surface area (Å²) in [5, 5.41) is -0.385. The highest BCUT2D eigenvalue weighted by molar-refractivity contribution is 7.89. The van der Waals surface area contributed by atoms with Crippen molar-refractivity contribution in [2.24, 2.45) is 0 Å². The Kier molecular flexibility index (Phi) is 5.24. The molecule has 0 bridgehead atoms. The number of sulfonamides is 1. The summed E-state index contributed by atoms with van der Waals surface area (Å²) in [6, 6.07) is 2.50. The van der Waals surface area contributed by atoms with Gasteiger partial charge < -0.3 is 4.42 Å². The number of hydrogen-bond donors (Lipinski definition) is 1. The minimum atomic E-state index is -3.75. The van der Waals surface area contributed by atoms with Crippen molar-refractivity contribution in [3.63, 3.8) is 0 Å². The van der Waals surface area contributed by atoms with Gasteiger partial charge in [-0.15, -0.1) is 0 Å². The van der Waals surface area contributed by atoms with E-state index in [4.69, 9.17) is 4.42 Å². The summed E-state index contributed by atoms with van der Waals surface area (Å²) in [7, 11) is -4.73. The summed E-state index contributed by atoms with van der Waals surface area (Å²) >= 11 is 0. The van der Waals surface area contributed by atoms with Crippen molar-refractivity contribution in [1.82, 2.24) is 4.72 Å². The number of aldehydes is 1. The first-order valence-corrected chi connectivity index (χ1v) is 8.34. The molecule has 8 heteroatoms. The van der Waals surface area contributed by atoms with Crippen LogP contribution in [-0.2, 0) is 20.8 Å². The fraction of sp³-hybridized carbons (Fsp3) is 0.500. The van der Waals surface area contributed by atoms with Crippen LogP contribution >= 0.6 is 0 Å². The van der Waals surface area contributed by atoms with Crippen LogP contribution in [0, 0.1) is 0 Å². The van der Waals surface area contributed by atoms with Crippen molar-refractivity contribution in [1.29, 1.82) is 0 Å². The van der Waals surface area contributed by atoms with E-state index in [9.17, 15) is 17.4 Å². The van der Waals surface area contributed by atoms with Gasteiger partial charge in [0.15, 0.2) is 12.0 Å². The van der Waals surface area contributed by atoms with E-state index in [1.807, 2.05) is 0 Å². The number of nitrogens with one attached hydrogen (secondary N) is 1. The molecule has 2 atom stereocenters. The van der Waals surface area contributed by atoms with E-state index in [1.54, 1.807) is 13.2 Å². The van der Waals surface area contributed by atoms with Crippen molar-refractivity contribution in [3.05, 3.63) is 17.9 Å². The maximum Gasteiger partial charge on any atom is 0.273 e. The molecule has 0 aliphatic carbocycles. The van der Waals surface area contributed by atoms with E-state index in [0.717, 1.165) is 0 Å². The molecule has 1 N–H and O–H groups in total. The third kappa shape index (κ3) is 4.04. The molecule has 0 radical (unpaired) electrons. The number of rotatable bonds is 7. The summed E-state index contributed by atoms with van der Waals surface area (Å²) in [4.78, 5) is 10.4. The lowest BCUT2D eigenvalue weighted by atomic mass is 10.3. The molecule has 0 aliphatic rings. The zero-order valence-corrected chi connectivity index (χ0v) is 11.7. The normalized spacial score (nSPS) is 15.2. The average molecular weight is 293 g/mol. The minimum Gasteiger partial charge on any atom is -0.440 e. The third-order valence-electron chi connectivity index (χ3n) is 2.39. The topological polar surface area (TPSA) is 93.4 Å². The molecule has 0 aliphatic heterocycles. The fourth-order valence-corrected chi connectivity index (χ4v) is 2.61. The maximum absolute atomic E-state index is 11.7. The summed E-state index contributed by atoms with van der Waals surface area (Å²) in [6.07, 6.45) is 2.47. The first-order chi connectivity index (χ1) is 8.36. The first-order valence-electron chi connectivity index (χ1n) is 5.23. The molecule has 1 rings (SSSR count). The Bertz CT molecular complexity index is 534. The van der Waals surface area contributed by atoms with Crippen LogP contribution in [0.25, 0.3) is 0 Å². The summed E-state index contributed by atoms with van der Waals surface area (Å²) in [6.45, 7) is 1.95. The first kappa shape index (κ1) is 15.1. The van der Waals surface area contributed by atoms with Gasteiger partial charge in [0.25, 0.3) is 10.0 Å². The number of furan rings is 1. The van der Waals surface area contributed by atoms with Crippen molar-refractivity contribution < 1.29 is 21.8 Å². The Labute approximate surface area is 108 Å². The summed E-state index contributed by atoms with van der Waals surface area (Å²) in [5.74, 6) is -0.0431. The van der Waals surface area contributed by atoms with Gasteiger partial charge in [-0.3, -0.25) is 9.00 Å². The van der Waals surface area contributed by atoms with Crippen LogP contribution in [0.2, 0.25) is 0 Å². The fourth-order valence-electron chi connectivity index (χ4n) is 1.18. The SMILES string of the molecule is CC(CCNS(=O)(=O)c1ccc(C=O)o1)S(C)=O. The molecule has 0 saturated carbocycles. The van der Waals surface area contributed by atoms with Gasteiger partial charge >= 0.3 is 0 Å². The lowest BCUT2D eigenvalue weighted by molar-refractivity contribution is 0.109. The third-order valence-corrected chi connectivity index (χ3v) is 5.09. The van der Waals surface area contributed by atoms with Gasteiger partial charge in [-0.1, -0.05) is 6.92 Å². The summed E-state index contributed by atoms with van der Waals surface area (Å²) < 4.78 is 41.7. The highest BCUT2D eigenvalue weighted by atomic mass is 32.2. The molecule has 2 unspecified atom stereocenters. The van der Waals surface area contributed by atoms with Crippen molar-refractivity contribution >= 4 is 27.1 Å². The van der Waals surface area contributed by atoms with E-state index in [-0.39, 0.29) is 22.6 Å². The number of carbonyl (C=O) groups is 1. The van der Waals surface area contributed by atoms with Gasteiger partial charge in [-0.25, -0.2) is 13.1 Å². The van der Waals surface area contributed by atoms with Crippen LogP contribution in [0.4, 0.5) is 0 Å². The second kappa shape index (κ2) is 6.26. The Morgan fingerprint density at radius 3 is 2.67 bits per heavy atom. The van der Waals surface area contributed by atoms with Crippen LogP contribution < -0.4 is 4.72 Å². The molecule has 0 spiro atoms. The largest absolute Gasteiger partial charge is 0.440 e. The molecule has 1 heterocycles. The number of hydrogen-bond acceptors (Lipinski definition) is 5. The monoisotopic (exact) mass is 293 g/mol. The molecule has 0 saturated heterocycles. The zero-order valence-electron chi connectivity index (χ0n) is 10.1. The molecular formula is C10H15NO5S2. The van der Waals surface area contributed by atoms with Gasteiger partial charge in [0.1, 0.15) is 0 Å². The molecule has 18 heavy (non-hydrogen) atoms. The van der Waals surface area contributed by atoms with Gasteiger partial charge in [-0.2, -0.15) is 0 Å².